The number of nitrogens with zero attached hydrogens (tertiary/aromatic N) is 1. The van der Waals surface area contributed by atoms with Crippen LogP contribution >= 0.6 is 0 Å². The summed E-state index contributed by atoms with van der Waals surface area (Å²) in [6, 6.07) is 14.2. The number of fused-ring (bicyclic) bond motifs is 4. The number of pyridine rings is 1. The first-order valence-electron chi connectivity index (χ1n) is 10.3. The highest BCUT2D eigenvalue weighted by Gasteiger charge is 2.41. The number of aromatic nitrogens is 1. The normalized spacial score (nSPS) is 21.3. The van der Waals surface area contributed by atoms with Gasteiger partial charge in [-0.25, -0.2) is 0 Å². The number of allylic oxidation sites excluding steroid dienone is 2. The Morgan fingerprint density at radius 1 is 1.07 bits per heavy atom. The van der Waals surface area contributed by atoms with Crippen LogP contribution in [0.5, 0.6) is 11.5 Å². The molecule has 0 amide bonds. The van der Waals surface area contributed by atoms with E-state index in [2.05, 4.69) is 37.4 Å². The molecule has 3 aliphatic rings. The van der Waals surface area contributed by atoms with Crippen LogP contribution in [0, 0.1) is 5.41 Å². The van der Waals surface area contributed by atoms with Crippen molar-refractivity contribution in [2.24, 2.45) is 5.41 Å². The van der Waals surface area contributed by atoms with Crippen LogP contribution in [-0.2, 0) is 4.79 Å². The largest absolute Gasteiger partial charge is 0.454 e. The molecule has 1 N–H and O–H groups in total. The number of hydrogen-bond donors (Lipinski definition) is 1. The van der Waals surface area contributed by atoms with Gasteiger partial charge >= 0.3 is 0 Å². The van der Waals surface area contributed by atoms with Crippen molar-refractivity contribution in [1.82, 2.24) is 4.98 Å². The highest BCUT2D eigenvalue weighted by atomic mass is 16.7. The summed E-state index contributed by atoms with van der Waals surface area (Å²) >= 11 is 0. The molecule has 150 valence electrons. The van der Waals surface area contributed by atoms with E-state index in [9.17, 15) is 4.79 Å². The molecular weight excluding hydrogens is 376 g/mol. The van der Waals surface area contributed by atoms with E-state index in [1.807, 2.05) is 30.5 Å². The number of carbonyl (C=O) groups excluding carboxylic acids is 1. The third-order valence-corrected chi connectivity index (χ3v) is 6.33. The Hall–Kier alpha value is -3.34. The minimum atomic E-state index is -0.187. The zero-order chi connectivity index (χ0) is 20.5. The van der Waals surface area contributed by atoms with Gasteiger partial charge in [-0.1, -0.05) is 32.0 Å². The fraction of sp³-hybridized carbons (Fsp3) is 0.280. The van der Waals surface area contributed by atoms with Crippen molar-refractivity contribution in [3.63, 3.8) is 0 Å². The topological polar surface area (TPSA) is 60.5 Å². The van der Waals surface area contributed by atoms with E-state index in [0.29, 0.717) is 6.42 Å². The average Bonchev–Trinajstić information content (AvgIpc) is 3.19. The van der Waals surface area contributed by atoms with Crippen molar-refractivity contribution in [2.75, 3.05) is 12.1 Å². The first-order valence-corrected chi connectivity index (χ1v) is 10.3. The van der Waals surface area contributed by atoms with Gasteiger partial charge in [-0.3, -0.25) is 9.78 Å². The monoisotopic (exact) mass is 398 g/mol. The first kappa shape index (κ1) is 17.5. The molecule has 0 bridgehead atoms. The highest BCUT2D eigenvalue weighted by Crippen LogP contribution is 2.51. The van der Waals surface area contributed by atoms with Crippen molar-refractivity contribution in [1.29, 1.82) is 0 Å². The maximum absolute atomic E-state index is 13.4. The lowest BCUT2D eigenvalue weighted by molar-refractivity contribution is -0.118. The molecule has 3 aromatic rings. The summed E-state index contributed by atoms with van der Waals surface area (Å²) in [7, 11) is 0. The molecule has 5 nitrogen and oxygen atoms in total. The molecule has 2 aromatic carbocycles. The van der Waals surface area contributed by atoms with Gasteiger partial charge in [0.25, 0.3) is 0 Å². The van der Waals surface area contributed by atoms with E-state index in [1.165, 1.54) is 0 Å². The molecule has 1 atom stereocenters. The highest BCUT2D eigenvalue weighted by molar-refractivity contribution is 6.03. The van der Waals surface area contributed by atoms with Crippen LogP contribution in [0.3, 0.4) is 0 Å². The summed E-state index contributed by atoms with van der Waals surface area (Å²) in [6.07, 6.45) is 3.20. The van der Waals surface area contributed by atoms with Gasteiger partial charge in [0.1, 0.15) is 0 Å². The molecular formula is C25H22N2O3. The van der Waals surface area contributed by atoms with Gasteiger partial charge in [0.05, 0.1) is 5.52 Å². The van der Waals surface area contributed by atoms with Crippen molar-refractivity contribution in [3.8, 4) is 11.5 Å². The maximum Gasteiger partial charge on any atom is 0.231 e. The zero-order valence-electron chi connectivity index (χ0n) is 17.0. The van der Waals surface area contributed by atoms with Gasteiger partial charge < -0.3 is 14.8 Å². The van der Waals surface area contributed by atoms with Crippen LogP contribution in [0.25, 0.3) is 10.9 Å². The Labute approximate surface area is 174 Å². The summed E-state index contributed by atoms with van der Waals surface area (Å²) in [5.41, 5.74) is 5.86. The number of rotatable bonds is 1. The number of carbonyl (C=O) groups is 1. The smallest absolute Gasteiger partial charge is 0.231 e. The van der Waals surface area contributed by atoms with E-state index < -0.39 is 0 Å². The van der Waals surface area contributed by atoms with E-state index in [0.717, 1.165) is 56.9 Å². The SMILES string of the molecule is CC1(C)CC(=O)C2=C(C1)Nc1ccc3cccnc3c1C2c1ccc2c(c1)OCO2. The second-order valence-corrected chi connectivity index (χ2v) is 9.11. The number of ketones is 1. The molecule has 30 heavy (non-hydrogen) atoms. The van der Waals surface area contributed by atoms with Crippen molar-refractivity contribution in [2.45, 2.75) is 32.6 Å². The van der Waals surface area contributed by atoms with Gasteiger partial charge in [-0.15, -0.1) is 0 Å². The molecule has 0 radical (unpaired) electrons. The van der Waals surface area contributed by atoms with E-state index in [1.54, 1.807) is 0 Å². The predicted octanol–water partition coefficient (Wildman–Crippen LogP) is 5.16. The summed E-state index contributed by atoms with van der Waals surface area (Å²) in [6.45, 7) is 4.54. The van der Waals surface area contributed by atoms with Crippen LogP contribution in [0.15, 0.2) is 59.9 Å². The Bertz CT molecular complexity index is 1260. The molecule has 0 fully saturated rings. The van der Waals surface area contributed by atoms with E-state index >= 15 is 0 Å². The standard InChI is InChI=1S/C25H22N2O3/c1-25(2)11-17-22(18(28)12-25)21(15-6-8-19-20(10-15)30-13-29-19)23-16(27-17)7-5-14-4-3-9-26-24(14)23/h3-10,21,27H,11-13H2,1-2H3. The fourth-order valence-electron chi connectivity index (χ4n) is 5.08. The van der Waals surface area contributed by atoms with E-state index in [-0.39, 0.29) is 23.9 Å². The Kier molecular flexibility index (Phi) is 3.55. The summed E-state index contributed by atoms with van der Waals surface area (Å²) in [4.78, 5) is 18.1. The zero-order valence-corrected chi connectivity index (χ0v) is 17.0. The van der Waals surface area contributed by atoms with Gasteiger partial charge in [0.15, 0.2) is 17.3 Å². The second-order valence-electron chi connectivity index (χ2n) is 9.11. The van der Waals surface area contributed by atoms with Crippen LogP contribution < -0.4 is 14.8 Å². The third kappa shape index (κ3) is 2.54. The lowest BCUT2D eigenvalue weighted by atomic mass is 9.68. The number of anilines is 1. The van der Waals surface area contributed by atoms with Gasteiger partial charge in [-0.05, 0) is 41.7 Å². The molecule has 6 rings (SSSR count). The second kappa shape index (κ2) is 6.08. The van der Waals surface area contributed by atoms with Crippen LogP contribution in [0.1, 0.15) is 43.7 Å². The average molecular weight is 398 g/mol. The number of ether oxygens (including phenoxy) is 2. The third-order valence-electron chi connectivity index (χ3n) is 6.33. The summed E-state index contributed by atoms with van der Waals surface area (Å²) < 4.78 is 11.2. The van der Waals surface area contributed by atoms with E-state index in [4.69, 9.17) is 14.5 Å². The Morgan fingerprint density at radius 3 is 2.83 bits per heavy atom. The number of benzene rings is 2. The minimum absolute atomic E-state index is 0.0606. The number of Topliss-reactive ketones (excluding diaryl/α,β-unsaturated/α-hetero) is 1. The molecule has 1 aromatic heterocycles. The van der Waals surface area contributed by atoms with Gasteiger partial charge in [-0.2, -0.15) is 0 Å². The Balaban J connectivity index is 1.64. The lowest BCUT2D eigenvalue weighted by Gasteiger charge is -2.39. The maximum atomic E-state index is 13.4. The molecule has 2 aliphatic heterocycles. The van der Waals surface area contributed by atoms with Crippen molar-refractivity contribution >= 4 is 22.4 Å². The predicted molar refractivity (Wildman–Crippen MR) is 115 cm³/mol. The Morgan fingerprint density at radius 2 is 1.93 bits per heavy atom. The number of nitrogens with one attached hydrogen (secondary N) is 1. The molecule has 1 aliphatic carbocycles. The van der Waals surface area contributed by atoms with Gasteiger partial charge in [0.2, 0.25) is 6.79 Å². The fourth-order valence-corrected chi connectivity index (χ4v) is 5.08. The molecule has 0 spiro atoms. The van der Waals surface area contributed by atoms with Crippen LogP contribution in [-0.4, -0.2) is 17.6 Å². The van der Waals surface area contributed by atoms with Gasteiger partial charge in [0, 0.05) is 46.4 Å². The molecule has 3 heterocycles. The number of hydrogen-bond acceptors (Lipinski definition) is 5. The first-order chi connectivity index (χ1) is 14.5. The van der Waals surface area contributed by atoms with Crippen molar-refractivity contribution in [3.05, 3.63) is 71.1 Å². The van der Waals surface area contributed by atoms with Crippen LogP contribution in [0.2, 0.25) is 0 Å². The molecule has 0 saturated carbocycles. The molecule has 0 saturated heterocycles. The molecule has 5 heteroatoms. The summed E-state index contributed by atoms with van der Waals surface area (Å²) in [5, 5.41) is 4.66. The lowest BCUT2D eigenvalue weighted by Crippen LogP contribution is -2.34. The van der Waals surface area contributed by atoms with Crippen molar-refractivity contribution < 1.29 is 14.3 Å². The quantitative estimate of drug-likeness (QED) is 0.613. The summed E-state index contributed by atoms with van der Waals surface area (Å²) in [5.74, 6) is 1.49. The van der Waals surface area contributed by atoms with Crippen LogP contribution in [0.4, 0.5) is 5.69 Å². The molecule has 1 unspecified atom stereocenters. The minimum Gasteiger partial charge on any atom is -0.454 e.